The van der Waals surface area contributed by atoms with Crippen molar-refractivity contribution in [3.63, 3.8) is 0 Å². The first-order valence-corrected chi connectivity index (χ1v) is 9.08. The fourth-order valence-corrected chi connectivity index (χ4v) is 3.56. The molecule has 0 saturated heterocycles. The summed E-state index contributed by atoms with van der Waals surface area (Å²) in [6.07, 6.45) is 2.65. The Kier molecular flexibility index (Phi) is 6.98. The maximum Gasteiger partial charge on any atom is 0.344 e. The molecule has 1 aliphatic carbocycles. The molecule has 0 unspecified atom stereocenters. The molecular weight excluding hydrogens is 366 g/mol. The van der Waals surface area contributed by atoms with Gasteiger partial charge in [-0.3, -0.25) is 0 Å². The van der Waals surface area contributed by atoms with Gasteiger partial charge in [0, 0.05) is 0 Å². The van der Waals surface area contributed by atoms with Gasteiger partial charge in [-0.25, -0.2) is 18.4 Å². The van der Waals surface area contributed by atoms with E-state index in [1.807, 2.05) is 0 Å². The van der Waals surface area contributed by atoms with E-state index in [1.165, 1.54) is 0 Å². The first kappa shape index (κ1) is 20.6. The minimum atomic E-state index is -1.22. The molecule has 1 aromatic rings. The monoisotopic (exact) mass is 388 g/mol. The molecule has 4 nitrogen and oxygen atoms in total. The highest BCUT2D eigenvalue weighted by molar-refractivity contribution is 6.33. The lowest BCUT2D eigenvalue weighted by atomic mass is 9.75. The predicted octanol–water partition coefficient (Wildman–Crippen LogP) is 4.78. The minimum absolute atomic E-state index is 0.211. The molecule has 0 aromatic heterocycles. The van der Waals surface area contributed by atoms with Crippen LogP contribution in [-0.2, 0) is 14.3 Å². The van der Waals surface area contributed by atoms with Crippen LogP contribution in [0.25, 0.3) is 0 Å². The number of halogens is 3. The van der Waals surface area contributed by atoms with Crippen molar-refractivity contribution in [3.8, 4) is 0 Å². The van der Waals surface area contributed by atoms with E-state index in [1.54, 1.807) is 0 Å². The molecule has 1 fully saturated rings. The van der Waals surface area contributed by atoms with Crippen molar-refractivity contribution in [2.45, 2.75) is 46.1 Å². The fourth-order valence-electron chi connectivity index (χ4n) is 3.33. The standard InChI is InChI=1S/C19H23ClF2O4/c1-10(2)12-5-4-11(3)6-17(12)26-18(23)9-25-19(24)13-7-15(21)16(22)8-14(13)20/h7-8,10-12,17H,4-6,9H2,1-3H3/t11-,12-,17+/m0/s1. The molecule has 1 saturated carbocycles. The highest BCUT2D eigenvalue weighted by Gasteiger charge is 2.33. The fraction of sp³-hybridized carbons (Fsp3) is 0.579. The van der Waals surface area contributed by atoms with E-state index in [-0.39, 0.29) is 22.6 Å². The third-order valence-electron chi connectivity index (χ3n) is 4.80. The number of hydrogen-bond acceptors (Lipinski definition) is 4. The Bertz CT molecular complexity index is 678. The van der Waals surface area contributed by atoms with Gasteiger partial charge in [-0.2, -0.15) is 0 Å². The summed E-state index contributed by atoms with van der Waals surface area (Å²) in [7, 11) is 0. The summed E-state index contributed by atoms with van der Waals surface area (Å²) in [5, 5.41) is -0.289. The van der Waals surface area contributed by atoms with Gasteiger partial charge in [-0.05, 0) is 42.7 Å². The van der Waals surface area contributed by atoms with Crippen molar-refractivity contribution in [3.05, 3.63) is 34.4 Å². The Morgan fingerprint density at radius 1 is 1.23 bits per heavy atom. The predicted molar refractivity (Wildman–Crippen MR) is 92.9 cm³/mol. The first-order valence-electron chi connectivity index (χ1n) is 8.70. The van der Waals surface area contributed by atoms with Gasteiger partial charge in [0.15, 0.2) is 18.2 Å². The average Bonchev–Trinajstić information content (AvgIpc) is 2.55. The lowest BCUT2D eigenvalue weighted by molar-refractivity contribution is -0.159. The molecular formula is C19H23ClF2O4. The van der Waals surface area contributed by atoms with E-state index < -0.39 is 30.2 Å². The zero-order valence-electron chi connectivity index (χ0n) is 15.1. The summed E-state index contributed by atoms with van der Waals surface area (Å²) in [5.74, 6) is -2.95. The van der Waals surface area contributed by atoms with Gasteiger partial charge < -0.3 is 9.47 Å². The molecule has 2 rings (SSSR count). The molecule has 7 heteroatoms. The van der Waals surface area contributed by atoms with E-state index in [0.717, 1.165) is 19.3 Å². The lowest BCUT2D eigenvalue weighted by Gasteiger charge is -2.36. The largest absolute Gasteiger partial charge is 0.460 e. The summed E-state index contributed by atoms with van der Waals surface area (Å²) < 4.78 is 36.6. The number of benzene rings is 1. The number of rotatable bonds is 5. The number of esters is 2. The third kappa shape index (κ3) is 5.16. The quantitative estimate of drug-likeness (QED) is 0.538. The van der Waals surface area contributed by atoms with Crippen molar-refractivity contribution in [2.75, 3.05) is 6.61 Å². The van der Waals surface area contributed by atoms with Crippen LogP contribution in [-0.4, -0.2) is 24.6 Å². The Balaban J connectivity index is 1.93. The maximum atomic E-state index is 13.2. The van der Waals surface area contributed by atoms with Gasteiger partial charge >= 0.3 is 11.9 Å². The average molecular weight is 389 g/mol. The Hall–Kier alpha value is -1.69. The van der Waals surface area contributed by atoms with E-state index >= 15 is 0 Å². The normalized spacial score (nSPS) is 23.0. The van der Waals surface area contributed by atoms with Crippen molar-refractivity contribution >= 4 is 23.5 Å². The molecule has 0 heterocycles. The van der Waals surface area contributed by atoms with E-state index in [2.05, 4.69) is 20.8 Å². The summed E-state index contributed by atoms with van der Waals surface area (Å²) >= 11 is 5.71. The summed E-state index contributed by atoms with van der Waals surface area (Å²) in [5.41, 5.74) is -0.343. The Morgan fingerprint density at radius 3 is 2.54 bits per heavy atom. The smallest absolute Gasteiger partial charge is 0.344 e. The van der Waals surface area contributed by atoms with E-state index in [9.17, 15) is 18.4 Å². The molecule has 3 atom stereocenters. The topological polar surface area (TPSA) is 52.6 Å². The van der Waals surface area contributed by atoms with Gasteiger partial charge in [0.1, 0.15) is 6.10 Å². The Labute approximate surface area is 156 Å². The van der Waals surface area contributed by atoms with Crippen LogP contribution in [0.1, 0.15) is 50.4 Å². The van der Waals surface area contributed by atoms with Crippen LogP contribution in [0.5, 0.6) is 0 Å². The minimum Gasteiger partial charge on any atom is -0.460 e. The van der Waals surface area contributed by atoms with E-state index in [0.29, 0.717) is 24.0 Å². The van der Waals surface area contributed by atoms with Gasteiger partial charge in [-0.15, -0.1) is 0 Å². The summed E-state index contributed by atoms with van der Waals surface area (Å²) in [6, 6.07) is 1.32. The summed E-state index contributed by atoms with van der Waals surface area (Å²) in [6.45, 7) is 5.69. The van der Waals surface area contributed by atoms with Crippen molar-refractivity contribution in [1.82, 2.24) is 0 Å². The van der Waals surface area contributed by atoms with Crippen LogP contribution in [0.15, 0.2) is 12.1 Å². The lowest BCUT2D eigenvalue weighted by Crippen LogP contribution is -2.36. The second-order valence-electron chi connectivity index (χ2n) is 7.18. The van der Waals surface area contributed by atoms with Crippen LogP contribution in [0.3, 0.4) is 0 Å². The molecule has 1 aliphatic rings. The molecule has 144 valence electrons. The van der Waals surface area contributed by atoms with Crippen molar-refractivity contribution in [2.24, 2.45) is 17.8 Å². The summed E-state index contributed by atoms with van der Waals surface area (Å²) in [4.78, 5) is 24.0. The second kappa shape index (κ2) is 8.80. The zero-order chi connectivity index (χ0) is 19.4. The van der Waals surface area contributed by atoms with Crippen molar-refractivity contribution < 1.29 is 27.8 Å². The van der Waals surface area contributed by atoms with Crippen LogP contribution >= 0.6 is 11.6 Å². The van der Waals surface area contributed by atoms with Crippen LogP contribution < -0.4 is 0 Å². The highest BCUT2D eigenvalue weighted by Crippen LogP contribution is 2.35. The van der Waals surface area contributed by atoms with Crippen molar-refractivity contribution in [1.29, 1.82) is 0 Å². The molecule has 1 aromatic carbocycles. The molecule has 0 N–H and O–H groups in total. The second-order valence-corrected chi connectivity index (χ2v) is 7.58. The molecule has 0 aliphatic heterocycles. The van der Waals surface area contributed by atoms with Crippen LogP contribution in [0, 0.1) is 29.4 Å². The van der Waals surface area contributed by atoms with Gasteiger partial charge in [0.25, 0.3) is 0 Å². The van der Waals surface area contributed by atoms with Gasteiger partial charge in [0.05, 0.1) is 10.6 Å². The number of carbonyl (C=O) groups is 2. The van der Waals surface area contributed by atoms with Crippen LogP contribution in [0.4, 0.5) is 8.78 Å². The molecule has 0 radical (unpaired) electrons. The molecule has 26 heavy (non-hydrogen) atoms. The molecule has 0 amide bonds. The number of ether oxygens (including phenoxy) is 2. The van der Waals surface area contributed by atoms with Gasteiger partial charge in [0.2, 0.25) is 0 Å². The zero-order valence-corrected chi connectivity index (χ0v) is 15.8. The first-order chi connectivity index (χ1) is 12.2. The van der Waals surface area contributed by atoms with Gasteiger partial charge in [-0.1, -0.05) is 38.8 Å². The van der Waals surface area contributed by atoms with Crippen LogP contribution in [0.2, 0.25) is 5.02 Å². The third-order valence-corrected chi connectivity index (χ3v) is 5.11. The number of carbonyl (C=O) groups excluding carboxylic acids is 2. The molecule has 0 spiro atoms. The molecule has 0 bridgehead atoms. The Morgan fingerprint density at radius 2 is 1.88 bits per heavy atom. The van der Waals surface area contributed by atoms with E-state index in [4.69, 9.17) is 21.1 Å². The SMILES string of the molecule is CC(C)[C@@H]1CC[C@H](C)C[C@H]1OC(=O)COC(=O)c1cc(F)c(F)cc1Cl. The highest BCUT2D eigenvalue weighted by atomic mass is 35.5. The maximum absolute atomic E-state index is 13.2. The number of hydrogen-bond donors (Lipinski definition) is 0.